The molecule has 3 nitrogen and oxygen atoms in total. The number of nitriles is 1. The highest BCUT2D eigenvalue weighted by Gasteiger charge is 2.15. The minimum absolute atomic E-state index is 0.0945. The average Bonchev–Trinajstić information content (AvgIpc) is 2.30. The van der Waals surface area contributed by atoms with Crippen LogP contribution in [0.25, 0.3) is 0 Å². The smallest absolute Gasteiger partial charge is 0.0991 e. The molecule has 0 saturated carbocycles. The molecule has 1 atom stereocenters. The largest absolute Gasteiger partial charge is 0.371 e. The van der Waals surface area contributed by atoms with Crippen LogP contribution in [-0.4, -0.2) is 19.7 Å². The van der Waals surface area contributed by atoms with Crippen molar-refractivity contribution in [2.24, 2.45) is 0 Å². The van der Waals surface area contributed by atoms with Gasteiger partial charge in [-0.05, 0) is 17.7 Å². The second-order valence-corrected chi connectivity index (χ2v) is 3.30. The lowest BCUT2D eigenvalue weighted by molar-refractivity contribution is 0.0277. The zero-order valence-corrected chi connectivity index (χ0v) is 7.86. The van der Waals surface area contributed by atoms with Gasteiger partial charge in [0, 0.05) is 13.1 Å². The molecule has 1 fully saturated rings. The number of morpholine rings is 1. The van der Waals surface area contributed by atoms with Crippen molar-refractivity contribution in [2.45, 2.75) is 6.10 Å². The molecule has 2 rings (SSSR count). The van der Waals surface area contributed by atoms with Crippen LogP contribution in [0.3, 0.4) is 0 Å². The molecular weight excluding hydrogens is 176 g/mol. The lowest BCUT2D eigenvalue weighted by Gasteiger charge is -2.23. The lowest BCUT2D eigenvalue weighted by Crippen LogP contribution is -2.33. The zero-order valence-electron chi connectivity index (χ0n) is 7.86. The van der Waals surface area contributed by atoms with Crippen LogP contribution in [0.2, 0.25) is 0 Å². The van der Waals surface area contributed by atoms with Gasteiger partial charge >= 0.3 is 0 Å². The maximum Gasteiger partial charge on any atom is 0.0991 e. The SMILES string of the molecule is N#Cc1cccc(C2CNCCO2)c1. The van der Waals surface area contributed by atoms with Crippen LogP contribution in [0.1, 0.15) is 17.2 Å². The number of hydrogen-bond acceptors (Lipinski definition) is 3. The summed E-state index contributed by atoms with van der Waals surface area (Å²) >= 11 is 0. The molecule has 0 radical (unpaired) electrons. The first-order chi connectivity index (χ1) is 6.90. The highest BCUT2D eigenvalue weighted by Crippen LogP contribution is 2.19. The number of rotatable bonds is 1. The van der Waals surface area contributed by atoms with Gasteiger partial charge in [0.2, 0.25) is 0 Å². The first-order valence-electron chi connectivity index (χ1n) is 4.72. The van der Waals surface area contributed by atoms with Gasteiger partial charge < -0.3 is 10.1 Å². The molecule has 3 heteroatoms. The molecular formula is C11H12N2O. The summed E-state index contributed by atoms with van der Waals surface area (Å²) in [6.45, 7) is 2.48. The fourth-order valence-corrected chi connectivity index (χ4v) is 1.59. The van der Waals surface area contributed by atoms with Gasteiger partial charge in [-0.1, -0.05) is 12.1 Å². The lowest BCUT2D eigenvalue weighted by atomic mass is 10.1. The Kier molecular flexibility index (Phi) is 2.78. The van der Waals surface area contributed by atoms with E-state index in [0.29, 0.717) is 5.56 Å². The monoisotopic (exact) mass is 188 g/mol. The Morgan fingerprint density at radius 3 is 3.14 bits per heavy atom. The van der Waals surface area contributed by atoms with E-state index in [4.69, 9.17) is 10.00 Å². The summed E-state index contributed by atoms with van der Waals surface area (Å²) in [6, 6.07) is 9.72. The van der Waals surface area contributed by atoms with E-state index < -0.39 is 0 Å². The van der Waals surface area contributed by atoms with Gasteiger partial charge in [-0.2, -0.15) is 5.26 Å². The minimum atomic E-state index is 0.0945. The molecule has 0 aromatic heterocycles. The Morgan fingerprint density at radius 2 is 2.43 bits per heavy atom. The molecule has 1 heterocycles. The number of hydrogen-bond donors (Lipinski definition) is 1. The Bertz CT molecular complexity index is 351. The van der Waals surface area contributed by atoms with Crippen LogP contribution in [0, 0.1) is 11.3 Å². The highest BCUT2D eigenvalue weighted by molar-refractivity contribution is 5.34. The van der Waals surface area contributed by atoms with E-state index >= 15 is 0 Å². The van der Waals surface area contributed by atoms with Crippen molar-refractivity contribution < 1.29 is 4.74 Å². The zero-order chi connectivity index (χ0) is 9.80. The van der Waals surface area contributed by atoms with Gasteiger partial charge in [0.25, 0.3) is 0 Å². The van der Waals surface area contributed by atoms with Crippen molar-refractivity contribution in [3.05, 3.63) is 35.4 Å². The quantitative estimate of drug-likeness (QED) is 0.720. The first kappa shape index (κ1) is 9.20. The maximum atomic E-state index is 8.75. The molecule has 0 spiro atoms. The van der Waals surface area contributed by atoms with Crippen LogP contribution in [0.4, 0.5) is 0 Å². The van der Waals surface area contributed by atoms with Gasteiger partial charge in [-0.25, -0.2) is 0 Å². The van der Waals surface area contributed by atoms with Gasteiger partial charge in [-0.3, -0.25) is 0 Å². The normalized spacial score (nSPS) is 21.5. The summed E-state index contributed by atoms with van der Waals surface area (Å²) in [5, 5.41) is 12.0. The van der Waals surface area contributed by atoms with Crippen LogP contribution < -0.4 is 5.32 Å². The van der Waals surface area contributed by atoms with E-state index in [0.717, 1.165) is 25.3 Å². The van der Waals surface area contributed by atoms with Gasteiger partial charge in [0.05, 0.1) is 24.3 Å². The summed E-state index contributed by atoms with van der Waals surface area (Å²) < 4.78 is 5.59. The van der Waals surface area contributed by atoms with E-state index in [9.17, 15) is 0 Å². The first-order valence-corrected chi connectivity index (χ1v) is 4.72. The molecule has 14 heavy (non-hydrogen) atoms. The number of benzene rings is 1. The van der Waals surface area contributed by atoms with E-state index in [2.05, 4.69) is 11.4 Å². The third kappa shape index (κ3) is 1.92. The molecule has 1 aromatic rings. The summed E-state index contributed by atoms with van der Waals surface area (Å²) in [7, 11) is 0. The summed E-state index contributed by atoms with van der Waals surface area (Å²) in [4.78, 5) is 0. The van der Waals surface area contributed by atoms with E-state index in [-0.39, 0.29) is 6.10 Å². The Balaban J connectivity index is 2.18. The predicted octanol–water partition coefficient (Wildman–Crippen LogP) is 1.22. The standard InChI is InChI=1S/C11H12N2O/c12-7-9-2-1-3-10(6-9)11-8-13-4-5-14-11/h1-3,6,11,13H,4-5,8H2. The van der Waals surface area contributed by atoms with Crippen molar-refractivity contribution in [3.63, 3.8) is 0 Å². The molecule has 1 aromatic carbocycles. The van der Waals surface area contributed by atoms with E-state index in [1.165, 1.54) is 0 Å². The number of ether oxygens (including phenoxy) is 1. The van der Waals surface area contributed by atoms with Gasteiger partial charge in [-0.15, -0.1) is 0 Å². The van der Waals surface area contributed by atoms with Crippen molar-refractivity contribution >= 4 is 0 Å². The Labute approximate surface area is 83.3 Å². The van der Waals surface area contributed by atoms with E-state index in [1.54, 1.807) is 6.07 Å². The maximum absolute atomic E-state index is 8.75. The molecule has 1 aliphatic heterocycles. The predicted molar refractivity (Wildman–Crippen MR) is 52.7 cm³/mol. The van der Waals surface area contributed by atoms with E-state index in [1.807, 2.05) is 18.2 Å². The van der Waals surface area contributed by atoms with Crippen LogP contribution in [-0.2, 0) is 4.74 Å². The molecule has 0 bridgehead atoms. The third-order valence-corrected chi connectivity index (χ3v) is 2.32. The average molecular weight is 188 g/mol. The molecule has 1 unspecified atom stereocenters. The van der Waals surface area contributed by atoms with Gasteiger partial charge in [0.1, 0.15) is 0 Å². The minimum Gasteiger partial charge on any atom is -0.371 e. The molecule has 0 aliphatic carbocycles. The highest BCUT2D eigenvalue weighted by atomic mass is 16.5. The fraction of sp³-hybridized carbons (Fsp3) is 0.364. The summed E-state index contributed by atoms with van der Waals surface area (Å²) in [5.74, 6) is 0. The second kappa shape index (κ2) is 4.23. The van der Waals surface area contributed by atoms with Gasteiger partial charge in [0.15, 0.2) is 0 Å². The molecule has 72 valence electrons. The number of nitrogens with one attached hydrogen (secondary N) is 1. The molecule has 1 aliphatic rings. The number of nitrogens with zero attached hydrogens (tertiary/aromatic N) is 1. The van der Waals surface area contributed by atoms with Crippen LogP contribution >= 0.6 is 0 Å². The topological polar surface area (TPSA) is 45.0 Å². The van der Waals surface area contributed by atoms with Crippen LogP contribution in [0.15, 0.2) is 24.3 Å². The van der Waals surface area contributed by atoms with Crippen molar-refractivity contribution in [1.29, 1.82) is 5.26 Å². The summed E-state index contributed by atoms with van der Waals surface area (Å²) in [5.41, 5.74) is 1.77. The molecule has 1 saturated heterocycles. The van der Waals surface area contributed by atoms with Crippen molar-refractivity contribution in [3.8, 4) is 6.07 Å². The summed E-state index contributed by atoms with van der Waals surface area (Å²) in [6.07, 6.45) is 0.0945. The Morgan fingerprint density at radius 1 is 1.50 bits per heavy atom. The molecule has 0 amide bonds. The van der Waals surface area contributed by atoms with Crippen molar-refractivity contribution in [1.82, 2.24) is 5.32 Å². The van der Waals surface area contributed by atoms with Crippen LogP contribution in [0.5, 0.6) is 0 Å². The fourth-order valence-electron chi connectivity index (χ4n) is 1.59. The van der Waals surface area contributed by atoms with Crippen molar-refractivity contribution in [2.75, 3.05) is 19.7 Å². The Hall–Kier alpha value is -1.37. The third-order valence-electron chi connectivity index (χ3n) is 2.32. The molecule has 1 N–H and O–H groups in total. The second-order valence-electron chi connectivity index (χ2n) is 3.30.